The van der Waals surface area contributed by atoms with E-state index < -0.39 is 0 Å². The Balaban J connectivity index is 1.48. The largest absolute Gasteiger partial charge is 0.469 e. The van der Waals surface area contributed by atoms with Crippen LogP contribution in [0.3, 0.4) is 0 Å². The van der Waals surface area contributed by atoms with Crippen LogP contribution in [0.2, 0.25) is 0 Å². The molecule has 2 aliphatic heterocycles. The summed E-state index contributed by atoms with van der Waals surface area (Å²) in [5, 5.41) is 0. The molecule has 0 aliphatic carbocycles. The molecule has 0 spiro atoms. The molecule has 2 aliphatic rings. The number of nitrogens with zero attached hydrogens (tertiary/aromatic N) is 2. The van der Waals surface area contributed by atoms with Crippen molar-refractivity contribution in [3.8, 4) is 0 Å². The molecule has 2 unspecified atom stereocenters. The van der Waals surface area contributed by atoms with E-state index in [0.717, 1.165) is 19.7 Å². The summed E-state index contributed by atoms with van der Waals surface area (Å²) in [6.45, 7) is 5.72. The Morgan fingerprint density at radius 1 is 1.21 bits per heavy atom. The monoisotopic (exact) mass is 326 g/mol. The number of likely N-dealkylation sites (tertiary alicyclic amines) is 1. The minimum atomic E-state index is 0.0407. The van der Waals surface area contributed by atoms with Gasteiger partial charge in [-0.05, 0) is 18.6 Å². The number of rotatable bonds is 3. The van der Waals surface area contributed by atoms with Crippen molar-refractivity contribution in [3.63, 3.8) is 0 Å². The minimum Gasteiger partial charge on any atom is -0.469 e. The molecule has 5 nitrogen and oxygen atoms in total. The number of furan rings is 1. The van der Waals surface area contributed by atoms with Gasteiger partial charge in [0.25, 0.3) is 5.91 Å². The Hall–Kier alpha value is -2.11. The van der Waals surface area contributed by atoms with Crippen molar-refractivity contribution < 1.29 is 13.9 Å². The smallest absolute Gasteiger partial charge is 0.257 e. The number of hydrogen-bond donors (Lipinski definition) is 0. The van der Waals surface area contributed by atoms with Crippen LogP contribution in [0.4, 0.5) is 0 Å². The lowest BCUT2D eigenvalue weighted by Crippen LogP contribution is -2.50. The van der Waals surface area contributed by atoms with E-state index in [0.29, 0.717) is 24.4 Å². The topological polar surface area (TPSA) is 45.9 Å². The SMILES string of the molecule is Cc1occc1C(=O)N1CC2OCCN(Cc3ccccc3)C2C1. The molecule has 1 amide bonds. The van der Waals surface area contributed by atoms with Crippen molar-refractivity contribution >= 4 is 5.91 Å². The zero-order valence-corrected chi connectivity index (χ0v) is 13.9. The lowest BCUT2D eigenvalue weighted by Gasteiger charge is -2.36. The molecule has 3 heterocycles. The predicted molar refractivity (Wildman–Crippen MR) is 89.7 cm³/mol. The number of aryl methyl sites for hydroxylation is 1. The van der Waals surface area contributed by atoms with Crippen molar-refractivity contribution in [1.29, 1.82) is 0 Å². The van der Waals surface area contributed by atoms with Crippen LogP contribution >= 0.6 is 0 Å². The van der Waals surface area contributed by atoms with Gasteiger partial charge in [-0.2, -0.15) is 0 Å². The molecule has 5 heteroatoms. The fourth-order valence-corrected chi connectivity index (χ4v) is 3.72. The number of carbonyl (C=O) groups excluding carboxylic acids is 1. The average molecular weight is 326 g/mol. The first kappa shape index (κ1) is 15.4. The fraction of sp³-hybridized carbons (Fsp3) is 0.421. The molecular weight excluding hydrogens is 304 g/mol. The van der Waals surface area contributed by atoms with Crippen LogP contribution in [-0.4, -0.2) is 54.1 Å². The van der Waals surface area contributed by atoms with Gasteiger partial charge in [0.05, 0.1) is 30.6 Å². The molecule has 0 bridgehead atoms. The maximum Gasteiger partial charge on any atom is 0.257 e. The van der Waals surface area contributed by atoms with Gasteiger partial charge < -0.3 is 14.1 Å². The van der Waals surface area contributed by atoms with Gasteiger partial charge >= 0.3 is 0 Å². The van der Waals surface area contributed by atoms with E-state index in [1.165, 1.54) is 5.56 Å². The van der Waals surface area contributed by atoms with Crippen molar-refractivity contribution in [3.05, 3.63) is 59.5 Å². The number of hydrogen-bond acceptors (Lipinski definition) is 4. The zero-order chi connectivity index (χ0) is 16.5. The first-order chi connectivity index (χ1) is 11.7. The highest BCUT2D eigenvalue weighted by atomic mass is 16.5. The molecule has 24 heavy (non-hydrogen) atoms. The number of morpholine rings is 1. The number of amides is 1. The Kier molecular flexibility index (Phi) is 4.12. The van der Waals surface area contributed by atoms with E-state index in [4.69, 9.17) is 9.15 Å². The van der Waals surface area contributed by atoms with E-state index in [2.05, 4.69) is 29.2 Å². The van der Waals surface area contributed by atoms with Crippen molar-refractivity contribution in [1.82, 2.24) is 9.80 Å². The Morgan fingerprint density at radius 3 is 2.79 bits per heavy atom. The second-order valence-corrected chi connectivity index (χ2v) is 6.53. The van der Waals surface area contributed by atoms with E-state index in [9.17, 15) is 4.79 Å². The number of fused-ring (bicyclic) bond motifs is 1. The Labute approximate surface area is 141 Å². The van der Waals surface area contributed by atoms with E-state index in [1.807, 2.05) is 17.9 Å². The highest BCUT2D eigenvalue weighted by Gasteiger charge is 2.42. The van der Waals surface area contributed by atoms with Crippen LogP contribution in [-0.2, 0) is 11.3 Å². The summed E-state index contributed by atoms with van der Waals surface area (Å²) in [6, 6.07) is 12.5. The molecule has 1 aromatic carbocycles. The second kappa shape index (κ2) is 6.42. The van der Waals surface area contributed by atoms with Crippen LogP contribution in [0, 0.1) is 6.92 Å². The number of benzene rings is 1. The van der Waals surface area contributed by atoms with Crippen molar-refractivity contribution in [2.24, 2.45) is 0 Å². The average Bonchev–Trinajstić information content (AvgIpc) is 3.22. The van der Waals surface area contributed by atoms with Gasteiger partial charge in [0.15, 0.2) is 0 Å². The summed E-state index contributed by atoms with van der Waals surface area (Å²) in [6.07, 6.45) is 1.67. The van der Waals surface area contributed by atoms with Crippen LogP contribution in [0.1, 0.15) is 21.7 Å². The Bertz CT molecular complexity index is 712. The lowest BCUT2D eigenvalue weighted by molar-refractivity contribution is -0.0503. The van der Waals surface area contributed by atoms with Gasteiger partial charge in [-0.3, -0.25) is 9.69 Å². The number of ether oxygens (including phenoxy) is 1. The Morgan fingerprint density at radius 2 is 2.04 bits per heavy atom. The fourth-order valence-electron chi connectivity index (χ4n) is 3.72. The summed E-state index contributed by atoms with van der Waals surface area (Å²) < 4.78 is 11.2. The zero-order valence-electron chi connectivity index (χ0n) is 13.9. The second-order valence-electron chi connectivity index (χ2n) is 6.53. The summed E-state index contributed by atoms with van der Waals surface area (Å²) in [4.78, 5) is 17.1. The molecule has 126 valence electrons. The van der Waals surface area contributed by atoms with Gasteiger partial charge in [-0.1, -0.05) is 30.3 Å². The molecular formula is C19H22N2O3. The van der Waals surface area contributed by atoms with Gasteiger partial charge in [0, 0.05) is 26.2 Å². The molecule has 0 radical (unpaired) electrons. The first-order valence-electron chi connectivity index (χ1n) is 8.45. The molecule has 0 saturated carbocycles. The third-order valence-electron chi connectivity index (χ3n) is 5.02. The highest BCUT2D eigenvalue weighted by molar-refractivity contribution is 5.95. The molecule has 2 atom stereocenters. The number of carbonyl (C=O) groups is 1. The molecule has 1 aromatic heterocycles. The van der Waals surface area contributed by atoms with Crippen LogP contribution in [0.5, 0.6) is 0 Å². The van der Waals surface area contributed by atoms with E-state index in [1.54, 1.807) is 12.3 Å². The highest BCUT2D eigenvalue weighted by Crippen LogP contribution is 2.26. The van der Waals surface area contributed by atoms with Crippen LogP contribution < -0.4 is 0 Å². The quantitative estimate of drug-likeness (QED) is 0.868. The molecule has 2 aromatic rings. The summed E-state index contributed by atoms with van der Waals surface area (Å²) in [7, 11) is 0. The first-order valence-corrected chi connectivity index (χ1v) is 8.45. The van der Waals surface area contributed by atoms with Gasteiger partial charge in [-0.25, -0.2) is 0 Å². The molecule has 4 rings (SSSR count). The van der Waals surface area contributed by atoms with Gasteiger partial charge in [-0.15, -0.1) is 0 Å². The van der Waals surface area contributed by atoms with Crippen LogP contribution in [0.25, 0.3) is 0 Å². The summed E-state index contributed by atoms with van der Waals surface area (Å²) in [5.74, 6) is 0.718. The molecule has 2 fully saturated rings. The third kappa shape index (κ3) is 2.85. The standard InChI is InChI=1S/C19H22N2O3/c1-14-16(7-9-23-14)19(22)21-12-17-18(13-21)24-10-8-20(17)11-15-5-3-2-4-6-15/h2-7,9,17-18H,8,10-13H2,1H3. The maximum absolute atomic E-state index is 12.7. The summed E-state index contributed by atoms with van der Waals surface area (Å²) in [5.41, 5.74) is 1.96. The summed E-state index contributed by atoms with van der Waals surface area (Å²) >= 11 is 0. The van der Waals surface area contributed by atoms with Gasteiger partial charge in [0.1, 0.15) is 5.76 Å². The van der Waals surface area contributed by atoms with E-state index in [-0.39, 0.29) is 18.1 Å². The van der Waals surface area contributed by atoms with Crippen molar-refractivity contribution in [2.75, 3.05) is 26.2 Å². The normalized spacial score (nSPS) is 24.1. The maximum atomic E-state index is 12.7. The predicted octanol–water partition coefficient (Wildman–Crippen LogP) is 2.31. The van der Waals surface area contributed by atoms with Gasteiger partial charge in [0.2, 0.25) is 0 Å². The lowest BCUT2D eigenvalue weighted by atomic mass is 10.1. The van der Waals surface area contributed by atoms with Crippen molar-refractivity contribution in [2.45, 2.75) is 25.6 Å². The van der Waals surface area contributed by atoms with Crippen LogP contribution in [0.15, 0.2) is 47.1 Å². The molecule has 2 saturated heterocycles. The molecule has 0 N–H and O–H groups in total. The third-order valence-corrected chi connectivity index (χ3v) is 5.02. The minimum absolute atomic E-state index is 0.0407. The van der Waals surface area contributed by atoms with E-state index >= 15 is 0 Å².